The molecule has 0 aliphatic carbocycles. The first-order chi connectivity index (χ1) is 16.9. The minimum Gasteiger partial charge on any atom is -0.508 e. The van der Waals surface area contributed by atoms with E-state index in [0.717, 1.165) is 24.1 Å². The number of hydrogen-bond acceptors (Lipinski definition) is 6. The highest BCUT2D eigenvalue weighted by atomic mass is 16.6. The molecular weight excluding hydrogens is 458 g/mol. The van der Waals surface area contributed by atoms with E-state index in [2.05, 4.69) is 6.58 Å². The molecule has 8 heteroatoms. The van der Waals surface area contributed by atoms with E-state index in [-0.39, 0.29) is 41.0 Å². The van der Waals surface area contributed by atoms with Gasteiger partial charge in [-0.05, 0) is 69.2 Å². The SMILES string of the molecule is C=CC(CC1=CN(C(=O)c2cc(C(C)C)c(O)cc2O)CC1)=NC1CCN(C(=O)OC(C)(C)C)CC1. The topological polar surface area (TPSA) is 103 Å². The fourth-order valence-corrected chi connectivity index (χ4v) is 4.43. The van der Waals surface area contributed by atoms with E-state index in [9.17, 15) is 19.8 Å². The third-order valence-electron chi connectivity index (χ3n) is 6.38. The summed E-state index contributed by atoms with van der Waals surface area (Å²) >= 11 is 0. The first kappa shape index (κ1) is 27.3. The number of phenols is 2. The van der Waals surface area contributed by atoms with Crippen LogP contribution in [0.15, 0.2) is 41.6 Å². The van der Waals surface area contributed by atoms with Crippen molar-refractivity contribution in [1.29, 1.82) is 0 Å². The van der Waals surface area contributed by atoms with Crippen molar-refractivity contribution >= 4 is 17.7 Å². The molecule has 1 fully saturated rings. The molecule has 8 nitrogen and oxygen atoms in total. The number of benzene rings is 1. The van der Waals surface area contributed by atoms with E-state index >= 15 is 0 Å². The van der Waals surface area contributed by atoms with E-state index in [1.54, 1.807) is 21.9 Å². The van der Waals surface area contributed by atoms with E-state index in [0.29, 0.717) is 38.0 Å². The summed E-state index contributed by atoms with van der Waals surface area (Å²) in [4.78, 5) is 33.6. The van der Waals surface area contributed by atoms with Crippen molar-refractivity contribution < 1.29 is 24.5 Å². The molecule has 2 heterocycles. The zero-order chi connectivity index (χ0) is 26.6. The van der Waals surface area contributed by atoms with Gasteiger partial charge in [0, 0.05) is 44.0 Å². The number of allylic oxidation sites excluding steroid dienone is 1. The van der Waals surface area contributed by atoms with E-state index < -0.39 is 5.60 Å². The molecule has 0 radical (unpaired) electrons. The highest BCUT2D eigenvalue weighted by Gasteiger charge is 2.28. The predicted molar refractivity (Wildman–Crippen MR) is 141 cm³/mol. The monoisotopic (exact) mass is 497 g/mol. The van der Waals surface area contributed by atoms with Gasteiger partial charge in [-0.3, -0.25) is 9.79 Å². The number of rotatable bonds is 6. The minimum atomic E-state index is -0.510. The van der Waals surface area contributed by atoms with Gasteiger partial charge in [-0.2, -0.15) is 0 Å². The van der Waals surface area contributed by atoms with Gasteiger partial charge < -0.3 is 24.7 Å². The Balaban J connectivity index is 1.62. The van der Waals surface area contributed by atoms with Crippen molar-refractivity contribution in [2.24, 2.45) is 4.99 Å². The Labute approximate surface area is 214 Å². The fourth-order valence-electron chi connectivity index (χ4n) is 4.43. The van der Waals surface area contributed by atoms with Gasteiger partial charge in [-0.15, -0.1) is 0 Å². The average Bonchev–Trinajstić information content (AvgIpc) is 3.26. The predicted octanol–water partition coefficient (Wildman–Crippen LogP) is 5.37. The van der Waals surface area contributed by atoms with Crippen LogP contribution in [-0.4, -0.2) is 69.0 Å². The Morgan fingerprint density at radius 3 is 2.42 bits per heavy atom. The van der Waals surface area contributed by atoms with Crippen LogP contribution in [0.2, 0.25) is 0 Å². The number of hydrogen-bond donors (Lipinski definition) is 2. The number of carbonyl (C=O) groups is 2. The molecule has 0 aromatic heterocycles. The molecule has 1 saturated heterocycles. The van der Waals surface area contributed by atoms with Gasteiger partial charge >= 0.3 is 6.09 Å². The molecule has 2 aliphatic rings. The Morgan fingerprint density at radius 1 is 1.17 bits per heavy atom. The average molecular weight is 498 g/mol. The number of ether oxygens (including phenoxy) is 1. The third kappa shape index (κ3) is 6.89. The molecule has 0 atom stereocenters. The Hall–Kier alpha value is -3.29. The van der Waals surface area contributed by atoms with E-state index in [1.165, 1.54) is 6.07 Å². The number of nitrogens with zero attached hydrogens (tertiary/aromatic N) is 3. The van der Waals surface area contributed by atoms with Gasteiger partial charge in [0.1, 0.15) is 17.1 Å². The maximum atomic E-state index is 13.1. The van der Waals surface area contributed by atoms with Crippen LogP contribution < -0.4 is 0 Å². The Kier molecular flexibility index (Phi) is 8.48. The normalized spacial score (nSPS) is 17.4. The van der Waals surface area contributed by atoms with Crippen LogP contribution in [0.5, 0.6) is 11.5 Å². The maximum absolute atomic E-state index is 13.1. The molecule has 2 aliphatic heterocycles. The molecule has 0 saturated carbocycles. The summed E-state index contributed by atoms with van der Waals surface area (Å²) in [5.74, 6) is -0.518. The molecule has 2 N–H and O–H groups in total. The van der Waals surface area contributed by atoms with Crippen molar-refractivity contribution in [3.05, 3.63) is 47.7 Å². The molecule has 3 rings (SSSR count). The summed E-state index contributed by atoms with van der Waals surface area (Å²) in [5, 5.41) is 20.4. The lowest BCUT2D eigenvalue weighted by Crippen LogP contribution is -2.42. The largest absolute Gasteiger partial charge is 0.508 e. The van der Waals surface area contributed by atoms with Gasteiger partial charge in [-0.25, -0.2) is 4.79 Å². The van der Waals surface area contributed by atoms with Crippen molar-refractivity contribution in [2.45, 2.75) is 77.9 Å². The Bertz CT molecular complexity index is 1060. The second-order valence-electron chi connectivity index (χ2n) is 10.8. The second kappa shape index (κ2) is 11.2. The molecule has 0 spiro atoms. The number of phenolic OH excluding ortho intramolecular Hbond substituents is 2. The van der Waals surface area contributed by atoms with Gasteiger partial charge in [0.05, 0.1) is 11.6 Å². The van der Waals surface area contributed by atoms with Gasteiger partial charge in [-0.1, -0.05) is 20.4 Å². The quantitative estimate of drug-likeness (QED) is 0.515. The summed E-state index contributed by atoms with van der Waals surface area (Å²) in [7, 11) is 0. The molecule has 1 aromatic carbocycles. The molecule has 2 amide bonds. The first-order valence-corrected chi connectivity index (χ1v) is 12.6. The van der Waals surface area contributed by atoms with Gasteiger partial charge in [0.25, 0.3) is 5.91 Å². The van der Waals surface area contributed by atoms with Gasteiger partial charge in [0.15, 0.2) is 0 Å². The molecule has 196 valence electrons. The summed E-state index contributed by atoms with van der Waals surface area (Å²) in [6.45, 7) is 15.1. The maximum Gasteiger partial charge on any atom is 0.410 e. The third-order valence-corrected chi connectivity index (χ3v) is 6.38. The van der Waals surface area contributed by atoms with Crippen molar-refractivity contribution in [1.82, 2.24) is 9.80 Å². The Morgan fingerprint density at radius 2 is 1.83 bits per heavy atom. The molecule has 0 bridgehead atoms. The van der Waals surface area contributed by atoms with Crippen LogP contribution in [0.25, 0.3) is 0 Å². The number of amides is 2. The molecular formula is C28H39N3O5. The summed E-state index contributed by atoms with van der Waals surface area (Å²) in [5.41, 5.74) is 2.22. The van der Waals surface area contributed by atoms with Crippen LogP contribution in [0.3, 0.4) is 0 Å². The standard InChI is InChI=1S/C28H39N3O5/c1-7-20(29-21-9-12-30(13-10-21)27(35)36-28(4,5)6)14-19-8-11-31(17-19)26(34)23-15-22(18(2)3)24(32)16-25(23)33/h7,15-18,21,32-33H,1,8-14H2,2-6H3. The first-order valence-electron chi connectivity index (χ1n) is 12.6. The van der Waals surface area contributed by atoms with E-state index in [1.807, 2.05) is 40.8 Å². The second-order valence-corrected chi connectivity index (χ2v) is 10.8. The lowest BCUT2D eigenvalue weighted by atomic mass is 9.98. The van der Waals surface area contributed by atoms with Crippen molar-refractivity contribution in [3.63, 3.8) is 0 Å². The van der Waals surface area contributed by atoms with Gasteiger partial charge in [0.2, 0.25) is 0 Å². The number of carbonyl (C=O) groups excluding carboxylic acids is 2. The van der Waals surface area contributed by atoms with E-state index in [4.69, 9.17) is 9.73 Å². The molecule has 0 unspecified atom stereocenters. The number of piperidine rings is 1. The number of aromatic hydroxyl groups is 2. The highest BCUT2D eigenvalue weighted by molar-refractivity contribution is 5.99. The fraction of sp³-hybridized carbons (Fsp3) is 0.536. The number of aliphatic imine (C=N–C) groups is 1. The van der Waals surface area contributed by atoms with Crippen LogP contribution in [0.1, 0.15) is 82.1 Å². The summed E-state index contributed by atoms with van der Waals surface area (Å²) < 4.78 is 5.46. The summed E-state index contributed by atoms with van der Waals surface area (Å²) in [6, 6.07) is 2.92. The zero-order valence-electron chi connectivity index (χ0n) is 22.1. The lowest BCUT2D eigenvalue weighted by molar-refractivity contribution is 0.0207. The summed E-state index contributed by atoms with van der Waals surface area (Å²) in [6.07, 6.45) is 6.14. The van der Waals surface area contributed by atoms with Crippen LogP contribution in [0, 0.1) is 0 Å². The van der Waals surface area contributed by atoms with Crippen LogP contribution >= 0.6 is 0 Å². The van der Waals surface area contributed by atoms with Crippen molar-refractivity contribution in [3.8, 4) is 11.5 Å². The van der Waals surface area contributed by atoms with Crippen LogP contribution in [0.4, 0.5) is 4.79 Å². The molecule has 36 heavy (non-hydrogen) atoms. The lowest BCUT2D eigenvalue weighted by Gasteiger charge is -2.32. The molecule has 1 aromatic rings. The minimum absolute atomic E-state index is 0.0135. The smallest absolute Gasteiger partial charge is 0.410 e. The number of likely N-dealkylation sites (tertiary alicyclic amines) is 1. The van der Waals surface area contributed by atoms with Crippen LogP contribution in [-0.2, 0) is 4.74 Å². The van der Waals surface area contributed by atoms with Crippen molar-refractivity contribution in [2.75, 3.05) is 19.6 Å². The zero-order valence-corrected chi connectivity index (χ0v) is 22.1. The highest BCUT2D eigenvalue weighted by Crippen LogP contribution is 2.33.